The number of rotatable bonds is 3. The Kier molecular flexibility index (Phi) is 3.73. The van der Waals surface area contributed by atoms with Crippen molar-refractivity contribution in [1.29, 1.82) is 0 Å². The van der Waals surface area contributed by atoms with Crippen molar-refractivity contribution >= 4 is 12.6 Å². The predicted octanol–water partition coefficient (Wildman–Crippen LogP) is 2.35. The summed E-state index contributed by atoms with van der Waals surface area (Å²) in [7, 11) is 1.17. The fourth-order valence-electron chi connectivity index (χ4n) is 2.42. The third kappa shape index (κ3) is 2.75. The fourth-order valence-corrected chi connectivity index (χ4v) is 2.42. The molecular formula is C16H21BN2O4. The lowest BCUT2D eigenvalue weighted by molar-refractivity contribution is 0.00578. The quantitative estimate of drug-likeness (QED) is 0.810. The summed E-state index contributed by atoms with van der Waals surface area (Å²) in [5.41, 5.74) is 0.870. The second kappa shape index (κ2) is 5.35. The fraction of sp³-hybridized carbons (Fsp3) is 0.500. The number of hydrogen-bond acceptors (Lipinski definition) is 6. The number of aromatic nitrogens is 2. The van der Waals surface area contributed by atoms with E-state index in [9.17, 15) is 0 Å². The Morgan fingerprint density at radius 1 is 1.09 bits per heavy atom. The van der Waals surface area contributed by atoms with Gasteiger partial charge < -0.3 is 18.6 Å². The lowest BCUT2D eigenvalue weighted by Crippen LogP contribution is -2.41. The zero-order valence-electron chi connectivity index (χ0n) is 14.3. The van der Waals surface area contributed by atoms with Crippen molar-refractivity contribution in [2.24, 2.45) is 0 Å². The van der Waals surface area contributed by atoms with Crippen LogP contribution < -0.4 is 10.2 Å². The normalized spacial score (nSPS) is 19.1. The molecule has 2 heterocycles. The van der Waals surface area contributed by atoms with E-state index in [-0.39, 0.29) is 11.2 Å². The molecule has 0 N–H and O–H groups in total. The molecule has 0 saturated carbocycles. The van der Waals surface area contributed by atoms with Gasteiger partial charge in [-0.15, -0.1) is 0 Å². The summed E-state index contributed by atoms with van der Waals surface area (Å²) in [6.45, 7) is 9.89. The summed E-state index contributed by atoms with van der Waals surface area (Å²) in [6.07, 6.45) is 0. The first-order valence-electron chi connectivity index (χ1n) is 7.58. The van der Waals surface area contributed by atoms with Gasteiger partial charge in [0.1, 0.15) is 5.75 Å². The van der Waals surface area contributed by atoms with Crippen LogP contribution in [0.2, 0.25) is 0 Å². The van der Waals surface area contributed by atoms with Crippen molar-refractivity contribution in [1.82, 2.24) is 10.1 Å². The lowest BCUT2D eigenvalue weighted by atomic mass is 9.78. The Morgan fingerprint density at radius 3 is 2.26 bits per heavy atom. The van der Waals surface area contributed by atoms with Crippen molar-refractivity contribution in [2.75, 3.05) is 7.11 Å². The molecule has 23 heavy (non-hydrogen) atoms. The molecule has 0 spiro atoms. The highest BCUT2D eigenvalue weighted by Crippen LogP contribution is 2.37. The Labute approximate surface area is 136 Å². The van der Waals surface area contributed by atoms with Crippen molar-refractivity contribution < 1.29 is 18.6 Å². The van der Waals surface area contributed by atoms with Crippen LogP contribution in [0, 0.1) is 6.92 Å². The molecule has 1 aromatic carbocycles. The molecule has 1 aromatic heterocycles. The van der Waals surface area contributed by atoms with E-state index in [0.29, 0.717) is 17.5 Å². The van der Waals surface area contributed by atoms with E-state index in [0.717, 1.165) is 11.0 Å². The van der Waals surface area contributed by atoms with Gasteiger partial charge in [-0.2, -0.15) is 4.98 Å². The largest absolute Gasteiger partial charge is 0.496 e. The summed E-state index contributed by atoms with van der Waals surface area (Å²) < 4.78 is 22.8. The number of ether oxygens (including phenoxy) is 1. The van der Waals surface area contributed by atoms with Crippen molar-refractivity contribution in [2.45, 2.75) is 45.8 Å². The van der Waals surface area contributed by atoms with Gasteiger partial charge in [-0.25, -0.2) is 0 Å². The molecule has 3 rings (SSSR count). The van der Waals surface area contributed by atoms with Crippen LogP contribution in [0.25, 0.3) is 11.5 Å². The minimum absolute atomic E-state index is 0.382. The lowest BCUT2D eigenvalue weighted by Gasteiger charge is -2.32. The molecule has 0 aliphatic carbocycles. The van der Waals surface area contributed by atoms with Crippen LogP contribution in [0.1, 0.15) is 33.5 Å². The first-order valence-corrected chi connectivity index (χ1v) is 7.58. The maximum Gasteiger partial charge on any atom is 0.494 e. The maximum atomic E-state index is 6.07. The summed E-state index contributed by atoms with van der Waals surface area (Å²) in [5.74, 6) is 1.65. The molecule has 0 amide bonds. The van der Waals surface area contributed by atoms with E-state index in [2.05, 4.69) is 10.1 Å². The second-order valence-corrected chi connectivity index (χ2v) is 6.69. The third-order valence-electron chi connectivity index (χ3n) is 4.51. The highest BCUT2D eigenvalue weighted by molar-refractivity contribution is 6.62. The monoisotopic (exact) mass is 316 g/mol. The molecule has 0 atom stereocenters. The van der Waals surface area contributed by atoms with Gasteiger partial charge in [0.2, 0.25) is 0 Å². The molecule has 1 aliphatic heterocycles. The Bertz CT molecular complexity index is 711. The zero-order valence-corrected chi connectivity index (χ0v) is 14.3. The van der Waals surface area contributed by atoms with E-state index < -0.39 is 7.12 Å². The SMILES string of the molecule is COc1cc(B2OC(C)(C)C(C)(C)O2)ccc1-c1nc(C)no1. The van der Waals surface area contributed by atoms with Crippen LogP contribution in [0.3, 0.4) is 0 Å². The molecule has 6 nitrogen and oxygen atoms in total. The van der Waals surface area contributed by atoms with Gasteiger partial charge in [0.05, 0.1) is 23.9 Å². The van der Waals surface area contributed by atoms with Gasteiger partial charge in [0.25, 0.3) is 5.89 Å². The van der Waals surface area contributed by atoms with E-state index in [1.165, 1.54) is 0 Å². The number of methoxy groups -OCH3 is 1. The van der Waals surface area contributed by atoms with E-state index in [1.807, 2.05) is 45.9 Å². The molecule has 0 bridgehead atoms. The minimum atomic E-state index is -0.438. The van der Waals surface area contributed by atoms with Crippen LogP contribution in [0.5, 0.6) is 5.75 Å². The molecule has 7 heteroatoms. The first-order chi connectivity index (χ1) is 10.7. The van der Waals surface area contributed by atoms with Crippen LogP contribution in [0.15, 0.2) is 22.7 Å². The zero-order chi connectivity index (χ0) is 16.8. The molecule has 1 fully saturated rings. The molecule has 0 radical (unpaired) electrons. The van der Waals surface area contributed by atoms with Crippen LogP contribution in [0.4, 0.5) is 0 Å². The number of nitrogens with zero attached hydrogens (tertiary/aromatic N) is 2. The van der Waals surface area contributed by atoms with Crippen molar-refractivity contribution in [3.63, 3.8) is 0 Å². The third-order valence-corrected chi connectivity index (χ3v) is 4.51. The minimum Gasteiger partial charge on any atom is -0.496 e. The van der Waals surface area contributed by atoms with Crippen molar-refractivity contribution in [3.05, 3.63) is 24.0 Å². The summed E-state index contributed by atoms with van der Waals surface area (Å²) in [4.78, 5) is 4.24. The smallest absolute Gasteiger partial charge is 0.494 e. The van der Waals surface area contributed by atoms with Gasteiger partial charge >= 0.3 is 7.12 Å². The molecule has 1 aliphatic rings. The Hall–Kier alpha value is -1.86. The van der Waals surface area contributed by atoms with Crippen LogP contribution in [-0.4, -0.2) is 35.6 Å². The second-order valence-electron chi connectivity index (χ2n) is 6.69. The highest BCUT2D eigenvalue weighted by atomic mass is 16.7. The Morgan fingerprint density at radius 2 is 1.74 bits per heavy atom. The van der Waals surface area contributed by atoms with Gasteiger partial charge in [0.15, 0.2) is 5.82 Å². The Balaban J connectivity index is 1.94. The molecule has 2 aromatic rings. The van der Waals surface area contributed by atoms with Gasteiger partial charge in [-0.3, -0.25) is 0 Å². The summed E-state index contributed by atoms with van der Waals surface area (Å²) in [6, 6.07) is 5.70. The van der Waals surface area contributed by atoms with Crippen LogP contribution in [-0.2, 0) is 9.31 Å². The summed E-state index contributed by atoms with van der Waals surface area (Å²) in [5, 5.41) is 3.82. The van der Waals surface area contributed by atoms with E-state index in [1.54, 1.807) is 14.0 Å². The molecule has 0 unspecified atom stereocenters. The standard InChI is InChI=1S/C16H21BN2O4/c1-10-18-14(21-19-10)12-8-7-11(9-13(12)20-6)17-22-15(2,3)16(4,5)23-17/h7-9H,1-6H3. The van der Waals surface area contributed by atoms with Crippen LogP contribution >= 0.6 is 0 Å². The maximum absolute atomic E-state index is 6.07. The summed E-state index contributed by atoms with van der Waals surface area (Å²) >= 11 is 0. The average molecular weight is 316 g/mol. The first kappa shape index (κ1) is 16.0. The van der Waals surface area contributed by atoms with E-state index >= 15 is 0 Å². The van der Waals surface area contributed by atoms with E-state index in [4.69, 9.17) is 18.6 Å². The molecular weight excluding hydrogens is 295 g/mol. The number of hydrogen-bond donors (Lipinski definition) is 0. The molecule has 122 valence electrons. The van der Waals surface area contributed by atoms with Gasteiger partial charge in [0, 0.05) is 0 Å². The van der Waals surface area contributed by atoms with Gasteiger partial charge in [-0.1, -0.05) is 11.2 Å². The average Bonchev–Trinajstić information content (AvgIpc) is 2.99. The number of aryl methyl sites for hydroxylation is 1. The van der Waals surface area contributed by atoms with Gasteiger partial charge in [-0.05, 0) is 52.2 Å². The van der Waals surface area contributed by atoms with Crippen molar-refractivity contribution in [3.8, 4) is 17.2 Å². The highest BCUT2D eigenvalue weighted by Gasteiger charge is 2.51. The predicted molar refractivity (Wildman–Crippen MR) is 86.7 cm³/mol. The molecule has 1 saturated heterocycles. The number of benzene rings is 1. The topological polar surface area (TPSA) is 66.6 Å².